The summed E-state index contributed by atoms with van der Waals surface area (Å²) in [5.74, 6) is 1.19. The highest BCUT2D eigenvalue weighted by Gasteiger charge is 2.42. The minimum absolute atomic E-state index is 0.0219. The highest BCUT2D eigenvalue weighted by atomic mass is 16.2. The Kier molecular flexibility index (Phi) is 2.91. The molecule has 4 atom stereocenters. The molecule has 4 unspecified atom stereocenters. The van der Waals surface area contributed by atoms with Gasteiger partial charge in [0.05, 0.1) is 6.54 Å². The second-order valence-electron chi connectivity index (χ2n) is 5.18. The Morgan fingerprint density at radius 1 is 1.19 bits per heavy atom. The molecule has 4 heteroatoms. The molecule has 0 spiro atoms. The molecule has 0 aromatic heterocycles. The Bertz CT molecular complexity index is 316. The Morgan fingerprint density at radius 3 is 2.44 bits per heavy atom. The van der Waals surface area contributed by atoms with E-state index in [0.717, 1.165) is 12.8 Å². The summed E-state index contributed by atoms with van der Waals surface area (Å²) in [5.41, 5.74) is 0. The number of piperazine rings is 1. The van der Waals surface area contributed by atoms with Gasteiger partial charge in [-0.1, -0.05) is 13.8 Å². The molecule has 1 heterocycles. The predicted molar refractivity (Wildman–Crippen MR) is 60.7 cm³/mol. The van der Waals surface area contributed by atoms with E-state index >= 15 is 0 Å². The summed E-state index contributed by atoms with van der Waals surface area (Å²) in [6, 6.07) is -0.0532. The molecule has 2 amide bonds. The minimum Gasteiger partial charge on any atom is -0.345 e. The van der Waals surface area contributed by atoms with Crippen LogP contribution >= 0.6 is 0 Å². The van der Waals surface area contributed by atoms with Crippen LogP contribution in [0, 0.1) is 11.8 Å². The second kappa shape index (κ2) is 4.07. The van der Waals surface area contributed by atoms with Gasteiger partial charge in [-0.2, -0.15) is 0 Å². The molecule has 1 saturated carbocycles. The van der Waals surface area contributed by atoms with Gasteiger partial charge in [0, 0.05) is 6.04 Å². The molecule has 0 aromatic carbocycles. The van der Waals surface area contributed by atoms with Gasteiger partial charge in [0.2, 0.25) is 11.8 Å². The fourth-order valence-corrected chi connectivity index (χ4v) is 2.95. The lowest BCUT2D eigenvalue weighted by Crippen LogP contribution is -2.61. The van der Waals surface area contributed by atoms with Gasteiger partial charge in [0.25, 0.3) is 0 Å². The number of amides is 2. The highest BCUT2D eigenvalue weighted by Crippen LogP contribution is 2.36. The van der Waals surface area contributed by atoms with Crippen LogP contribution < -0.4 is 5.32 Å². The van der Waals surface area contributed by atoms with E-state index in [0.29, 0.717) is 11.8 Å². The number of nitrogens with one attached hydrogen (secondary N) is 1. The minimum atomic E-state index is -0.306. The Hall–Kier alpha value is -1.06. The maximum atomic E-state index is 11.9. The van der Waals surface area contributed by atoms with Gasteiger partial charge in [-0.05, 0) is 31.6 Å². The van der Waals surface area contributed by atoms with Crippen LogP contribution in [0.25, 0.3) is 0 Å². The van der Waals surface area contributed by atoms with Gasteiger partial charge in [-0.15, -0.1) is 0 Å². The zero-order valence-corrected chi connectivity index (χ0v) is 10.2. The molecule has 0 aromatic rings. The third-order valence-corrected chi connectivity index (χ3v) is 4.28. The molecule has 1 N–H and O–H groups in total. The maximum Gasteiger partial charge on any atom is 0.242 e. The lowest BCUT2D eigenvalue weighted by Gasteiger charge is -2.39. The van der Waals surface area contributed by atoms with E-state index in [1.165, 1.54) is 0 Å². The van der Waals surface area contributed by atoms with E-state index in [-0.39, 0.29) is 30.4 Å². The number of hydrogen-bond donors (Lipinski definition) is 1. The SMILES string of the molecule is CC1CCC(N2C(=O)CNC(=O)C2C)C1C. The molecule has 2 rings (SSSR count). The maximum absolute atomic E-state index is 11.9. The van der Waals surface area contributed by atoms with Crippen LogP contribution in [0.3, 0.4) is 0 Å². The number of nitrogens with zero attached hydrogens (tertiary/aromatic N) is 1. The summed E-state index contributed by atoms with van der Waals surface area (Å²) in [4.78, 5) is 25.3. The van der Waals surface area contributed by atoms with Gasteiger partial charge >= 0.3 is 0 Å². The summed E-state index contributed by atoms with van der Waals surface area (Å²) in [7, 11) is 0. The average Bonchev–Trinajstić information content (AvgIpc) is 2.56. The molecule has 2 aliphatic rings. The van der Waals surface area contributed by atoms with Crippen molar-refractivity contribution in [3.05, 3.63) is 0 Å². The summed E-state index contributed by atoms with van der Waals surface area (Å²) in [6.45, 7) is 6.40. The fourth-order valence-electron chi connectivity index (χ4n) is 2.95. The van der Waals surface area contributed by atoms with Crippen molar-refractivity contribution < 1.29 is 9.59 Å². The standard InChI is InChI=1S/C12H20N2O2/c1-7-4-5-10(8(7)2)14-9(3)12(16)13-6-11(14)15/h7-10H,4-6H2,1-3H3,(H,13,16). The molecule has 2 fully saturated rings. The van der Waals surface area contributed by atoms with E-state index in [9.17, 15) is 9.59 Å². The predicted octanol–water partition coefficient (Wildman–Crippen LogP) is 0.768. The van der Waals surface area contributed by atoms with Gasteiger partial charge in [0.1, 0.15) is 6.04 Å². The Morgan fingerprint density at radius 2 is 1.88 bits per heavy atom. The van der Waals surface area contributed by atoms with Crippen molar-refractivity contribution in [1.82, 2.24) is 10.2 Å². The van der Waals surface area contributed by atoms with E-state index in [4.69, 9.17) is 0 Å². The Balaban J connectivity index is 2.18. The van der Waals surface area contributed by atoms with Crippen LogP contribution in [-0.4, -0.2) is 35.3 Å². The second-order valence-corrected chi connectivity index (χ2v) is 5.18. The van der Waals surface area contributed by atoms with Crippen LogP contribution in [0.2, 0.25) is 0 Å². The lowest BCUT2D eigenvalue weighted by molar-refractivity contribution is -0.148. The van der Waals surface area contributed by atoms with Crippen molar-refractivity contribution in [3.63, 3.8) is 0 Å². The van der Waals surface area contributed by atoms with Crippen molar-refractivity contribution in [1.29, 1.82) is 0 Å². The monoisotopic (exact) mass is 224 g/mol. The van der Waals surface area contributed by atoms with E-state index in [1.54, 1.807) is 0 Å². The van der Waals surface area contributed by atoms with Crippen molar-refractivity contribution in [3.8, 4) is 0 Å². The third kappa shape index (κ3) is 1.70. The normalized spacial score (nSPS) is 40.1. The van der Waals surface area contributed by atoms with E-state index < -0.39 is 0 Å². The summed E-state index contributed by atoms with van der Waals surface area (Å²) in [5, 5.41) is 2.63. The van der Waals surface area contributed by atoms with Gasteiger partial charge in [-0.25, -0.2) is 0 Å². The van der Waals surface area contributed by atoms with Gasteiger partial charge in [0.15, 0.2) is 0 Å². The summed E-state index contributed by atoms with van der Waals surface area (Å²) in [6.07, 6.45) is 2.19. The van der Waals surface area contributed by atoms with Crippen molar-refractivity contribution in [2.24, 2.45) is 11.8 Å². The largest absolute Gasteiger partial charge is 0.345 e. The first-order valence-corrected chi connectivity index (χ1v) is 6.11. The van der Waals surface area contributed by atoms with Crippen LogP contribution in [0.4, 0.5) is 0 Å². The fraction of sp³-hybridized carbons (Fsp3) is 0.833. The van der Waals surface area contributed by atoms with Crippen LogP contribution in [0.5, 0.6) is 0 Å². The average molecular weight is 224 g/mol. The van der Waals surface area contributed by atoms with Crippen LogP contribution in [0.15, 0.2) is 0 Å². The molecular weight excluding hydrogens is 204 g/mol. The molecule has 90 valence electrons. The molecule has 1 saturated heterocycles. The van der Waals surface area contributed by atoms with Gasteiger partial charge < -0.3 is 10.2 Å². The lowest BCUT2D eigenvalue weighted by atomic mass is 9.95. The zero-order valence-electron chi connectivity index (χ0n) is 10.2. The number of hydrogen-bond acceptors (Lipinski definition) is 2. The summed E-state index contributed by atoms with van der Waals surface area (Å²) < 4.78 is 0. The van der Waals surface area contributed by atoms with Crippen molar-refractivity contribution >= 4 is 11.8 Å². The molecule has 1 aliphatic carbocycles. The molecule has 0 bridgehead atoms. The van der Waals surface area contributed by atoms with E-state index in [1.807, 2.05) is 11.8 Å². The van der Waals surface area contributed by atoms with Crippen LogP contribution in [0.1, 0.15) is 33.6 Å². The molecule has 4 nitrogen and oxygen atoms in total. The summed E-state index contributed by atoms with van der Waals surface area (Å²) >= 11 is 0. The first-order chi connectivity index (χ1) is 7.52. The van der Waals surface area contributed by atoms with Gasteiger partial charge in [-0.3, -0.25) is 9.59 Å². The number of rotatable bonds is 1. The van der Waals surface area contributed by atoms with Crippen LogP contribution in [-0.2, 0) is 9.59 Å². The van der Waals surface area contributed by atoms with Crippen molar-refractivity contribution in [2.75, 3.05) is 6.54 Å². The highest BCUT2D eigenvalue weighted by molar-refractivity contribution is 5.94. The molecular formula is C12H20N2O2. The number of carbonyl (C=O) groups excluding carboxylic acids is 2. The smallest absolute Gasteiger partial charge is 0.242 e. The first kappa shape index (κ1) is 11.4. The molecule has 1 aliphatic heterocycles. The number of carbonyl (C=O) groups is 2. The first-order valence-electron chi connectivity index (χ1n) is 6.11. The molecule has 0 radical (unpaired) electrons. The van der Waals surface area contributed by atoms with Crippen molar-refractivity contribution in [2.45, 2.75) is 45.7 Å². The molecule has 16 heavy (non-hydrogen) atoms. The zero-order chi connectivity index (χ0) is 11.9. The van der Waals surface area contributed by atoms with E-state index in [2.05, 4.69) is 19.2 Å². The Labute approximate surface area is 96.4 Å². The third-order valence-electron chi connectivity index (χ3n) is 4.28. The quantitative estimate of drug-likeness (QED) is 0.715. The topological polar surface area (TPSA) is 49.4 Å².